The lowest BCUT2D eigenvalue weighted by atomic mass is 10.2. The fourth-order valence-electron chi connectivity index (χ4n) is 1.62. The first-order valence-corrected chi connectivity index (χ1v) is 5.70. The van der Waals surface area contributed by atoms with Crippen LogP contribution in [0.25, 0.3) is 0 Å². The van der Waals surface area contributed by atoms with Gasteiger partial charge in [-0.3, -0.25) is 4.90 Å². The van der Waals surface area contributed by atoms with E-state index in [1.807, 2.05) is 25.7 Å². The molecule has 1 rings (SSSR count). The first kappa shape index (κ1) is 13.2. The van der Waals surface area contributed by atoms with Crippen LogP contribution in [0.1, 0.15) is 27.2 Å². The van der Waals surface area contributed by atoms with E-state index in [1.165, 1.54) is 0 Å². The summed E-state index contributed by atoms with van der Waals surface area (Å²) in [5, 5.41) is 2.66. The first-order valence-electron chi connectivity index (χ1n) is 5.70. The van der Waals surface area contributed by atoms with Crippen LogP contribution in [-0.2, 0) is 4.74 Å². The maximum absolute atomic E-state index is 12.8. The fourth-order valence-corrected chi connectivity index (χ4v) is 1.62. The molecular formula is C11H21FN2O2. The van der Waals surface area contributed by atoms with Crippen molar-refractivity contribution in [1.29, 1.82) is 0 Å². The number of ether oxygens (including phenoxy) is 1. The van der Waals surface area contributed by atoms with E-state index in [-0.39, 0.29) is 0 Å². The molecule has 1 atom stereocenters. The number of amides is 1. The number of carbonyl (C=O) groups excluding carboxylic acids is 1. The average Bonchev–Trinajstić information content (AvgIpc) is 2.48. The van der Waals surface area contributed by atoms with Crippen LogP contribution >= 0.6 is 0 Å². The van der Waals surface area contributed by atoms with Gasteiger partial charge in [0.15, 0.2) is 0 Å². The number of hydrogen-bond acceptors (Lipinski definition) is 3. The maximum Gasteiger partial charge on any atom is 0.407 e. The van der Waals surface area contributed by atoms with Crippen LogP contribution in [0, 0.1) is 0 Å². The Morgan fingerprint density at radius 2 is 2.25 bits per heavy atom. The molecule has 0 aromatic rings. The van der Waals surface area contributed by atoms with Gasteiger partial charge >= 0.3 is 6.09 Å². The second-order valence-corrected chi connectivity index (χ2v) is 5.12. The molecule has 4 nitrogen and oxygen atoms in total. The molecule has 0 saturated carbocycles. The van der Waals surface area contributed by atoms with E-state index in [9.17, 15) is 9.18 Å². The lowest BCUT2D eigenvalue weighted by Crippen LogP contribution is -2.37. The lowest BCUT2D eigenvalue weighted by molar-refractivity contribution is 0.0523. The highest BCUT2D eigenvalue weighted by atomic mass is 19.1. The van der Waals surface area contributed by atoms with Gasteiger partial charge in [0.2, 0.25) is 0 Å². The fraction of sp³-hybridized carbons (Fsp3) is 0.909. The van der Waals surface area contributed by atoms with E-state index in [1.54, 1.807) is 0 Å². The molecule has 1 amide bonds. The summed E-state index contributed by atoms with van der Waals surface area (Å²) in [7, 11) is 0. The summed E-state index contributed by atoms with van der Waals surface area (Å²) in [5.74, 6) is 0. The molecule has 1 heterocycles. The molecule has 94 valence electrons. The molecular weight excluding hydrogens is 211 g/mol. The molecule has 1 N–H and O–H groups in total. The maximum atomic E-state index is 12.8. The first-order chi connectivity index (χ1) is 7.37. The number of nitrogens with one attached hydrogen (secondary N) is 1. The molecule has 1 unspecified atom stereocenters. The Balaban J connectivity index is 2.09. The van der Waals surface area contributed by atoms with E-state index in [0.29, 0.717) is 26.1 Å². The number of nitrogens with zero attached hydrogens (tertiary/aromatic N) is 1. The van der Waals surface area contributed by atoms with Gasteiger partial charge in [-0.25, -0.2) is 9.18 Å². The molecule has 1 aliphatic heterocycles. The zero-order valence-corrected chi connectivity index (χ0v) is 10.3. The predicted molar refractivity (Wildman–Crippen MR) is 60.2 cm³/mol. The minimum absolute atomic E-state index is 0.413. The largest absolute Gasteiger partial charge is 0.444 e. The van der Waals surface area contributed by atoms with Crippen molar-refractivity contribution in [3.8, 4) is 0 Å². The summed E-state index contributed by atoms with van der Waals surface area (Å²) in [4.78, 5) is 13.3. The third kappa shape index (κ3) is 5.30. The molecule has 0 radical (unpaired) electrons. The highest BCUT2D eigenvalue weighted by Gasteiger charge is 2.21. The topological polar surface area (TPSA) is 41.6 Å². The Morgan fingerprint density at radius 1 is 1.56 bits per heavy atom. The number of halogens is 1. The number of rotatable bonds is 3. The van der Waals surface area contributed by atoms with Crippen molar-refractivity contribution in [2.24, 2.45) is 0 Å². The summed E-state index contributed by atoms with van der Waals surface area (Å²) >= 11 is 0. The van der Waals surface area contributed by atoms with Crippen molar-refractivity contribution in [1.82, 2.24) is 10.2 Å². The van der Waals surface area contributed by atoms with Crippen LogP contribution in [0.15, 0.2) is 0 Å². The third-order valence-corrected chi connectivity index (χ3v) is 2.31. The average molecular weight is 232 g/mol. The zero-order valence-electron chi connectivity index (χ0n) is 10.3. The molecule has 0 bridgehead atoms. The quantitative estimate of drug-likeness (QED) is 0.802. The Morgan fingerprint density at radius 3 is 2.75 bits per heavy atom. The molecule has 0 aromatic carbocycles. The van der Waals surface area contributed by atoms with Crippen LogP contribution < -0.4 is 5.32 Å². The van der Waals surface area contributed by atoms with Gasteiger partial charge in [0, 0.05) is 26.2 Å². The van der Waals surface area contributed by atoms with Gasteiger partial charge in [0.25, 0.3) is 0 Å². The summed E-state index contributed by atoms with van der Waals surface area (Å²) in [6.45, 7) is 7.90. The predicted octanol–water partition coefficient (Wildman–Crippen LogP) is 1.55. The summed E-state index contributed by atoms with van der Waals surface area (Å²) in [6, 6.07) is 0. The zero-order chi connectivity index (χ0) is 12.2. The Labute approximate surface area is 96.1 Å². The summed E-state index contributed by atoms with van der Waals surface area (Å²) in [5.41, 5.74) is -0.470. The van der Waals surface area contributed by atoms with E-state index in [2.05, 4.69) is 5.32 Å². The van der Waals surface area contributed by atoms with Crippen LogP contribution in [-0.4, -0.2) is 48.9 Å². The second kappa shape index (κ2) is 5.48. The molecule has 5 heteroatoms. The highest BCUT2D eigenvalue weighted by molar-refractivity contribution is 5.67. The number of alkyl carbamates (subject to hydrolysis) is 1. The number of carbonyl (C=O) groups is 1. The van der Waals surface area contributed by atoms with Crippen LogP contribution in [0.3, 0.4) is 0 Å². The third-order valence-electron chi connectivity index (χ3n) is 2.31. The SMILES string of the molecule is CC(C)(C)OC(=O)NCCN1CCC(F)C1. The summed E-state index contributed by atoms with van der Waals surface area (Å²) < 4.78 is 17.9. The monoisotopic (exact) mass is 232 g/mol. The lowest BCUT2D eigenvalue weighted by Gasteiger charge is -2.20. The second-order valence-electron chi connectivity index (χ2n) is 5.12. The van der Waals surface area contributed by atoms with Gasteiger partial charge in [-0.1, -0.05) is 0 Å². The van der Waals surface area contributed by atoms with Crippen molar-refractivity contribution in [3.05, 3.63) is 0 Å². The summed E-state index contributed by atoms with van der Waals surface area (Å²) in [6.07, 6.45) is -0.517. The van der Waals surface area contributed by atoms with Crippen LogP contribution in [0.5, 0.6) is 0 Å². The van der Waals surface area contributed by atoms with Crippen molar-refractivity contribution < 1.29 is 13.9 Å². The van der Waals surface area contributed by atoms with Crippen molar-refractivity contribution in [2.45, 2.75) is 39.0 Å². The van der Waals surface area contributed by atoms with Gasteiger partial charge < -0.3 is 10.1 Å². The van der Waals surface area contributed by atoms with Gasteiger partial charge in [0.05, 0.1) is 0 Å². The molecule has 0 aromatic heterocycles. The molecule has 1 saturated heterocycles. The minimum atomic E-state index is -0.707. The Kier molecular flexibility index (Phi) is 4.53. The molecule has 0 aliphatic carbocycles. The Bertz CT molecular complexity index is 241. The van der Waals surface area contributed by atoms with Gasteiger partial charge in [-0.05, 0) is 27.2 Å². The molecule has 1 aliphatic rings. The van der Waals surface area contributed by atoms with Crippen molar-refractivity contribution >= 4 is 6.09 Å². The minimum Gasteiger partial charge on any atom is -0.444 e. The number of alkyl halides is 1. The van der Waals surface area contributed by atoms with Gasteiger partial charge in [-0.15, -0.1) is 0 Å². The van der Waals surface area contributed by atoms with Gasteiger partial charge in [-0.2, -0.15) is 0 Å². The molecule has 0 spiro atoms. The normalized spacial score (nSPS) is 22.1. The smallest absolute Gasteiger partial charge is 0.407 e. The van der Waals surface area contributed by atoms with Crippen LogP contribution in [0.4, 0.5) is 9.18 Å². The molecule has 16 heavy (non-hydrogen) atoms. The van der Waals surface area contributed by atoms with Crippen molar-refractivity contribution in [2.75, 3.05) is 26.2 Å². The van der Waals surface area contributed by atoms with E-state index in [4.69, 9.17) is 4.74 Å². The van der Waals surface area contributed by atoms with Gasteiger partial charge in [0.1, 0.15) is 11.8 Å². The van der Waals surface area contributed by atoms with Crippen LogP contribution in [0.2, 0.25) is 0 Å². The number of hydrogen-bond donors (Lipinski definition) is 1. The van der Waals surface area contributed by atoms with E-state index >= 15 is 0 Å². The van der Waals surface area contributed by atoms with E-state index < -0.39 is 17.9 Å². The highest BCUT2D eigenvalue weighted by Crippen LogP contribution is 2.11. The standard InChI is InChI=1S/C11H21FN2O2/c1-11(2,3)16-10(15)13-5-7-14-6-4-9(12)8-14/h9H,4-8H2,1-3H3,(H,13,15). The van der Waals surface area contributed by atoms with Crippen molar-refractivity contribution in [3.63, 3.8) is 0 Å². The van der Waals surface area contributed by atoms with E-state index in [0.717, 1.165) is 6.54 Å². The Hall–Kier alpha value is -0.840. The molecule has 1 fully saturated rings. The number of likely N-dealkylation sites (tertiary alicyclic amines) is 1.